The van der Waals surface area contributed by atoms with E-state index in [0.717, 1.165) is 5.56 Å². The minimum absolute atomic E-state index is 0.354. The number of pyridine rings is 1. The van der Waals surface area contributed by atoms with Gasteiger partial charge in [-0.25, -0.2) is 4.98 Å². The average molecular weight is 261 g/mol. The summed E-state index contributed by atoms with van der Waals surface area (Å²) in [6, 6.07) is 13.6. The highest BCUT2D eigenvalue weighted by atomic mass is 15.5. The van der Waals surface area contributed by atoms with E-state index in [9.17, 15) is 5.26 Å². The molecule has 2 aromatic heterocycles. The van der Waals surface area contributed by atoms with Crippen LogP contribution in [0.2, 0.25) is 0 Å². The van der Waals surface area contributed by atoms with Crippen molar-refractivity contribution in [2.45, 2.75) is 6.92 Å². The number of nitrogens with zero attached hydrogens (tertiary/aromatic N) is 5. The van der Waals surface area contributed by atoms with Gasteiger partial charge in [-0.15, -0.1) is 15.0 Å². The first kappa shape index (κ1) is 12.1. The highest BCUT2D eigenvalue weighted by Crippen LogP contribution is 2.12. The standard InChI is InChI=1S/C15H11N5/c1-11-4-6-12(7-5-11)9-13(10-16)20-18-14-3-2-8-17-15(14)19-20/h2-9H,1H3/b13-9+. The van der Waals surface area contributed by atoms with Crippen molar-refractivity contribution in [3.63, 3.8) is 0 Å². The molecule has 0 unspecified atom stereocenters. The zero-order valence-electron chi connectivity index (χ0n) is 10.9. The average Bonchev–Trinajstić information content (AvgIpc) is 2.90. The van der Waals surface area contributed by atoms with Gasteiger partial charge in [0.2, 0.25) is 5.65 Å². The maximum Gasteiger partial charge on any atom is 0.202 e. The van der Waals surface area contributed by atoms with Crippen molar-refractivity contribution in [3.8, 4) is 6.07 Å². The summed E-state index contributed by atoms with van der Waals surface area (Å²) >= 11 is 0. The maximum absolute atomic E-state index is 9.28. The molecule has 0 aliphatic heterocycles. The molecule has 3 rings (SSSR count). The molecule has 0 N–H and O–H groups in total. The summed E-state index contributed by atoms with van der Waals surface area (Å²) < 4.78 is 0. The fourth-order valence-corrected chi connectivity index (χ4v) is 1.82. The van der Waals surface area contributed by atoms with Gasteiger partial charge in [0.1, 0.15) is 11.6 Å². The number of aryl methyl sites for hydroxylation is 1. The predicted molar refractivity (Wildman–Crippen MR) is 76.3 cm³/mol. The van der Waals surface area contributed by atoms with Gasteiger partial charge in [-0.2, -0.15) is 5.26 Å². The first-order valence-corrected chi connectivity index (χ1v) is 6.13. The normalized spacial score (nSPS) is 11.5. The molecular weight excluding hydrogens is 250 g/mol. The lowest BCUT2D eigenvalue weighted by atomic mass is 10.1. The Morgan fingerprint density at radius 3 is 2.70 bits per heavy atom. The molecule has 96 valence electrons. The number of rotatable bonds is 2. The summed E-state index contributed by atoms with van der Waals surface area (Å²) in [5.74, 6) is 0. The summed E-state index contributed by atoms with van der Waals surface area (Å²) in [6.07, 6.45) is 3.40. The molecule has 5 nitrogen and oxygen atoms in total. The van der Waals surface area contributed by atoms with Crippen LogP contribution in [0.25, 0.3) is 22.9 Å². The van der Waals surface area contributed by atoms with Crippen LogP contribution >= 0.6 is 0 Å². The third-order valence-corrected chi connectivity index (χ3v) is 2.87. The summed E-state index contributed by atoms with van der Waals surface area (Å²) in [7, 11) is 0. The molecule has 0 saturated carbocycles. The molecular formula is C15H11N5. The lowest BCUT2D eigenvalue weighted by Gasteiger charge is -1.98. The Hall–Kier alpha value is -3.00. The van der Waals surface area contributed by atoms with Crippen molar-refractivity contribution >= 4 is 22.9 Å². The molecule has 5 heteroatoms. The van der Waals surface area contributed by atoms with Gasteiger partial charge in [0, 0.05) is 6.20 Å². The Bertz CT molecular complexity index is 788. The van der Waals surface area contributed by atoms with Crippen LogP contribution in [0.5, 0.6) is 0 Å². The van der Waals surface area contributed by atoms with Crippen molar-refractivity contribution in [2.24, 2.45) is 0 Å². The van der Waals surface area contributed by atoms with Crippen LogP contribution in [0.4, 0.5) is 0 Å². The third-order valence-electron chi connectivity index (χ3n) is 2.87. The molecule has 0 aliphatic carbocycles. The fraction of sp³-hybridized carbons (Fsp3) is 0.0667. The Morgan fingerprint density at radius 1 is 1.20 bits per heavy atom. The van der Waals surface area contributed by atoms with Crippen LogP contribution in [0.3, 0.4) is 0 Å². The van der Waals surface area contributed by atoms with Gasteiger partial charge in [0.05, 0.1) is 0 Å². The molecule has 3 aromatic rings. The van der Waals surface area contributed by atoms with Crippen LogP contribution in [0.1, 0.15) is 11.1 Å². The largest absolute Gasteiger partial charge is 0.234 e. The highest BCUT2D eigenvalue weighted by molar-refractivity contribution is 5.79. The second-order valence-electron chi connectivity index (χ2n) is 4.39. The summed E-state index contributed by atoms with van der Waals surface area (Å²) in [4.78, 5) is 5.42. The van der Waals surface area contributed by atoms with Crippen LogP contribution in [-0.4, -0.2) is 20.0 Å². The van der Waals surface area contributed by atoms with Crippen LogP contribution in [0.15, 0.2) is 42.6 Å². The molecule has 20 heavy (non-hydrogen) atoms. The molecule has 2 heterocycles. The second kappa shape index (κ2) is 4.94. The Kier molecular flexibility index (Phi) is 2.98. The van der Waals surface area contributed by atoms with Gasteiger partial charge >= 0.3 is 0 Å². The quantitative estimate of drug-likeness (QED) is 0.665. The summed E-state index contributed by atoms with van der Waals surface area (Å²) in [5.41, 5.74) is 3.65. The van der Waals surface area contributed by atoms with E-state index in [1.807, 2.05) is 37.3 Å². The number of allylic oxidation sites excluding steroid dienone is 1. The minimum atomic E-state index is 0.354. The van der Waals surface area contributed by atoms with Crippen molar-refractivity contribution in [1.29, 1.82) is 5.26 Å². The van der Waals surface area contributed by atoms with Crippen LogP contribution in [-0.2, 0) is 0 Å². The molecule has 0 aliphatic rings. The van der Waals surface area contributed by atoms with E-state index >= 15 is 0 Å². The molecule has 0 fully saturated rings. The number of hydrogen-bond donors (Lipinski definition) is 0. The monoisotopic (exact) mass is 261 g/mol. The molecule has 0 saturated heterocycles. The van der Waals surface area contributed by atoms with Gasteiger partial charge in [0.15, 0.2) is 5.70 Å². The van der Waals surface area contributed by atoms with Gasteiger partial charge in [-0.3, -0.25) is 0 Å². The van der Waals surface area contributed by atoms with E-state index in [4.69, 9.17) is 0 Å². The van der Waals surface area contributed by atoms with Crippen molar-refractivity contribution in [2.75, 3.05) is 0 Å². The molecule has 0 atom stereocenters. The van der Waals surface area contributed by atoms with E-state index in [1.54, 1.807) is 18.3 Å². The van der Waals surface area contributed by atoms with Crippen molar-refractivity contribution in [1.82, 2.24) is 20.0 Å². The van der Waals surface area contributed by atoms with E-state index in [1.165, 1.54) is 10.4 Å². The number of aromatic nitrogens is 4. The molecule has 0 radical (unpaired) electrons. The SMILES string of the molecule is Cc1ccc(/C=C(\C#N)n2nc3cccnc3n2)cc1. The fourth-order valence-electron chi connectivity index (χ4n) is 1.82. The topological polar surface area (TPSA) is 67.4 Å². The molecule has 1 aromatic carbocycles. The summed E-state index contributed by atoms with van der Waals surface area (Å²) in [5, 5.41) is 17.7. The van der Waals surface area contributed by atoms with E-state index in [0.29, 0.717) is 16.9 Å². The maximum atomic E-state index is 9.28. The predicted octanol–water partition coefficient (Wildman–Crippen LogP) is 2.66. The minimum Gasteiger partial charge on any atom is -0.234 e. The highest BCUT2D eigenvalue weighted by Gasteiger charge is 2.07. The van der Waals surface area contributed by atoms with E-state index < -0.39 is 0 Å². The number of fused-ring (bicyclic) bond motifs is 1. The van der Waals surface area contributed by atoms with Gasteiger partial charge in [-0.05, 0) is 30.7 Å². The van der Waals surface area contributed by atoms with Gasteiger partial charge < -0.3 is 0 Å². The van der Waals surface area contributed by atoms with Gasteiger partial charge in [-0.1, -0.05) is 29.8 Å². The zero-order valence-corrected chi connectivity index (χ0v) is 10.9. The Balaban J connectivity index is 2.05. The zero-order chi connectivity index (χ0) is 13.9. The summed E-state index contributed by atoms with van der Waals surface area (Å²) in [6.45, 7) is 2.02. The van der Waals surface area contributed by atoms with Crippen molar-refractivity contribution in [3.05, 3.63) is 53.7 Å². The lowest BCUT2D eigenvalue weighted by molar-refractivity contribution is 0.793. The van der Waals surface area contributed by atoms with Gasteiger partial charge in [0.25, 0.3) is 0 Å². The number of hydrogen-bond acceptors (Lipinski definition) is 4. The first-order valence-electron chi connectivity index (χ1n) is 6.13. The van der Waals surface area contributed by atoms with E-state index in [-0.39, 0.29) is 0 Å². The molecule has 0 bridgehead atoms. The van der Waals surface area contributed by atoms with Crippen LogP contribution < -0.4 is 0 Å². The van der Waals surface area contributed by atoms with Crippen molar-refractivity contribution < 1.29 is 0 Å². The number of benzene rings is 1. The van der Waals surface area contributed by atoms with Crippen LogP contribution in [0, 0.1) is 18.3 Å². The second-order valence-corrected chi connectivity index (χ2v) is 4.39. The smallest absolute Gasteiger partial charge is 0.202 e. The number of nitriles is 1. The first-order chi connectivity index (χ1) is 9.76. The lowest BCUT2D eigenvalue weighted by Crippen LogP contribution is -1.99. The molecule has 0 amide bonds. The Labute approximate surface area is 115 Å². The van der Waals surface area contributed by atoms with E-state index in [2.05, 4.69) is 21.3 Å². The molecule has 0 spiro atoms. The Morgan fingerprint density at radius 2 is 2.00 bits per heavy atom. The third kappa shape index (κ3) is 2.27.